The van der Waals surface area contributed by atoms with E-state index < -0.39 is 11.8 Å². The molecule has 0 aromatic heterocycles. The van der Waals surface area contributed by atoms with E-state index in [1.165, 1.54) is 0 Å². The normalized spacial score (nSPS) is 14.9. The summed E-state index contributed by atoms with van der Waals surface area (Å²) in [4.78, 5) is 22.9. The van der Waals surface area contributed by atoms with E-state index in [1.807, 2.05) is 0 Å². The van der Waals surface area contributed by atoms with Crippen molar-refractivity contribution in [1.29, 1.82) is 0 Å². The van der Waals surface area contributed by atoms with Crippen LogP contribution in [-0.2, 0) is 0 Å². The summed E-state index contributed by atoms with van der Waals surface area (Å²) in [5, 5.41) is 9.34. The lowest BCUT2D eigenvalue weighted by Crippen LogP contribution is -2.25. The van der Waals surface area contributed by atoms with E-state index in [-0.39, 0.29) is 5.06 Å². The van der Waals surface area contributed by atoms with Gasteiger partial charge in [-0.05, 0) is 25.0 Å². The monoisotopic (exact) mass is 191 g/mol. The third-order valence-electron chi connectivity index (χ3n) is 2.43. The predicted molar refractivity (Wildman–Crippen MR) is 48.2 cm³/mol. The number of carbonyl (C=O) groups is 2. The van der Waals surface area contributed by atoms with Crippen LogP contribution in [0, 0.1) is 13.8 Å². The van der Waals surface area contributed by atoms with E-state index in [9.17, 15) is 14.8 Å². The Bertz CT molecular complexity index is 410. The summed E-state index contributed by atoms with van der Waals surface area (Å²) in [5.74, 6) is -1.27. The van der Waals surface area contributed by atoms with Crippen molar-refractivity contribution >= 4 is 11.8 Å². The molecular weight excluding hydrogens is 182 g/mol. The molecule has 4 heteroatoms. The van der Waals surface area contributed by atoms with Crippen LogP contribution in [0.3, 0.4) is 0 Å². The maximum absolute atomic E-state index is 11.4. The maximum Gasteiger partial charge on any atom is 0.285 e. The maximum atomic E-state index is 11.4. The third-order valence-corrected chi connectivity index (χ3v) is 2.43. The molecule has 1 aliphatic rings. The molecule has 1 aromatic rings. The number of aryl methyl sites for hydroxylation is 2. The first kappa shape index (κ1) is 8.90. The van der Waals surface area contributed by atoms with Crippen LogP contribution in [0.4, 0.5) is 0 Å². The predicted octanol–water partition coefficient (Wildman–Crippen LogP) is 1.29. The van der Waals surface area contributed by atoms with Gasteiger partial charge in [-0.3, -0.25) is 14.8 Å². The van der Waals surface area contributed by atoms with Crippen molar-refractivity contribution in [3.8, 4) is 0 Å². The fourth-order valence-electron chi connectivity index (χ4n) is 1.67. The van der Waals surface area contributed by atoms with Gasteiger partial charge in [0, 0.05) is 0 Å². The van der Waals surface area contributed by atoms with Crippen LogP contribution in [0.1, 0.15) is 31.8 Å². The number of imide groups is 1. The molecule has 0 saturated carbocycles. The Morgan fingerprint density at radius 2 is 1.36 bits per heavy atom. The highest BCUT2D eigenvalue weighted by molar-refractivity contribution is 6.21. The molecule has 0 fully saturated rings. The van der Waals surface area contributed by atoms with Crippen molar-refractivity contribution in [2.24, 2.45) is 0 Å². The summed E-state index contributed by atoms with van der Waals surface area (Å²) in [6.07, 6.45) is 0. The van der Waals surface area contributed by atoms with Crippen LogP contribution in [0.25, 0.3) is 0 Å². The van der Waals surface area contributed by atoms with E-state index in [0.29, 0.717) is 22.3 Å². The number of hydroxylamine groups is 2. The molecule has 0 bridgehead atoms. The first-order chi connectivity index (χ1) is 6.54. The van der Waals surface area contributed by atoms with Crippen molar-refractivity contribution in [3.05, 3.63) is 34.4 Å². The van der Waals surface area contributed by atoms with E-state index in [0.717, 1.165) is 0 Å². The van der Waals surface area contributed by atoms with Gasteiger partial charge >= 0.3 is 0 Å². The van der Waals surface area contributed by atoms with Gasteiger partial charge in [-0.2, -0.15) is 0 Å². The van der Waals surface area contributed by atoms with Crippen LogP contribution in [-0.4, -0.2) is 22.1 Å². The van der Waals surface area contributed by atoms with E-state index in [2.05, 4.69) is 0 Å². The molecule has 0 unspecified atom stereocenters. The minimum Gasteiger partial charge on any atom is -0.278 e. The smallest absolute Gasteiger partial charge is 0.278 e. The highest BCUT2D eigenvalue weighted by Crippen LogP contribution is 2.27. The Labute approximate surface area is 80.7 Å². The minimum atomic E-state index is -0.633. The molecular formula is C10H9NO3. The van der Waals surface area contributed by atoms with E-state index in [4.69, 9.17) is 0 Å². The van der Waals surface area contributed by atoms with Crippen LogP contribution in [0.15, 0.2) is 12.1 Å². The van der Waals surface area contributed by atoms with Crippen LogP contribution >= 0.6 is 0 Å². The van der Waals surface area contributed by atoms with Crippen LogP contribution in [0.2, 0.25) is 0 Å². The summed E-state index contributed by atoms with van der Waals surface area (Å²) in [6.45, 7) is 3.48. The molecule has 0 saturated heterocycles. The summed E-state index contributed by atoms with van der Waals surface area (Å²) in [6, 6.07) is 3.52. The largest absolute Gasteiger partial charge is 0.285 e. The molecule has 1 heterocycles. The first-order valence-corrected chi connectivity index (χ1v) is 4.22. The topological polar surface area (TPSA) is 57.6 Å². The summed E-state index contributed by atoms with van der Waals surface area (Å²) in [7, 11) is 0. The van der Waals surface area contributed by atoms with Gasteiger partial charge in [-0.15, -0.1) is 5.06 Å². The SMILES string of the molecule is Cc1ccc(C)c2c1C(=O)N(O)C2=O. The van der Waals surface area contributed by atoms with Crippen molar-refractivity contribution in [2.45, 2.75) is 13.8 Å². The van der Waals surface area contributed by atoms with Gasteiger partial charge in [0.05, 0.1) is 11.1 Å². The molecule has 0 spiro atoms. The second kappa shape index (κ2) is 2.65. The average Bonchev–Trinajstić information content (AvgIpc) is 2.38. The number of benzene rings is 1. The molecule has 0 atom stereocenters. The van der Waals surface area contributed by atoms with E-state index >= 15 is 0 Å². The summed E-state index contributed by atoms with van der Waals surface area (Å²) < 4.78 is 0. The number of amides is 2. The van der Waals surface area contributed by atoms with Crippen molar-refractivity contribution in [2.75, 3.05) is 0 Å². The van der Waals surface area contributed by atoms with Gasteiger partial charge in [0.25, 0.3) is 11.8 Å². The molecule has 2 amide bonds. The quantitative estimate of drug-likeness (QED) is 0.496. The summed E-state index contributed by atoms with van der Waals surface area (Å²) >= 11 is 0. The second-order valence-electron chi connectivity index (χ2n) is 3.37. The Morgan fingerprint density at radius 1 is 1.00 bits per heavy atom. The Hall–Kier alpha value is -1.68. The lowest BCUT2D eigenvalue weighted by atomic mass is 9.99. The standard InChI is InChI=1S/C10H9NO3/c1-5-3-4-6(2)8-7(5)9(12)11(14)10(8)13/h3-4,14H,1-2H3. The molecule has 72 valence electrons. The van der Waals surface area contributed by atoms with Gasteiger partial charge in [0.1, 0.15) is 0 Å². The minimum absolute atomic E-state index is 0.171. The number of fused-ring (bicyclic) bond motifs is 1. The molecule has 1 aromatic carbocycles. The number of hydrogen-bond acceptors (Lipinski definition) is 3. The highest BCUT2D eigenvalue weighted by atomic mass is 16.5. The molecule has 0 radical (unpaired) electrons. The fraction of sp³-hybridized carbons (Fsp3) is 0.200. The van der Waals surface area contributed by atoms with Crippen molar-refractivity contribution in [3.63, 3.8) is 0 Å². The zero-order valence-corrected chi connectivity index (χ0v) is 7.87. The Balaban J connectivity index is 2.80. The van der Waals surface area contributed by atoms with Crippen molar-refractivity contribution < 1.29 is 14.8 Å². The van der Waals surface area contributed by atoms with Gasteiger partial charge in [-0.25, -0.2) is 0 Å². The number of rotatable bonds is 0. The second-order valence-corrected chi connectivity index (χ2v) is 3.37. The summed E-state index contributed by atoms with van der Waals surface area (Å²) in [5.41, 5.74) is 2.05. The molecule has 0 aliphatic carbocycles. The molecule has 14 heavy (non-hydrogen) atoms. The average molecular weight is 191 g/mol. The molecule has 1 N–H and O–H groups in total. The van der Waals surface area contributed by atoms with Gasteiger partial charge in [0.15, 0.2) is 0 Å². The molecule has 1 aliphatic heterocycles. The molecule has 4 nitrogen and oxygen atoms in total. The van der Waals surface area contributed by atoms with Gasteiger partial charge in [-0.1, -0.05) is 12.1 Å². The number of nitrogens with zero attached hydrogens (tertiary/aromatic N) is 1. The van der Waals surface area contributed by atoms with Crippen LogP contribution in [0.5, 0.6) is 0 Å². The van der Waals surface area contributed by atoms with Crippen molar-refractivity contribution in [1.82, 2.24) is 5.06 Å². The zero-order chi connectivity index (χ0) is 10.5. The van der Waals surface area contributed by atoms with Gasteiger partial charge in [0.2, 0.25) is 0 Å². The molecule has 2 rings (SSSR count). The lowest BCUT2D eigenvalue weighted by molar-refractivity contribution is -0.0327. The van der Waals surface area contributed by atoms with Crippen LogP contribution < -0.4 is 0 Å². The first-order valence-electron chi connectivity index (χ1n) is 4.22. The zero-order valence-electron chi connectivity index (χ0n) is 7.87. The fourth-order valence-corrected chi connectivity index (χ4v) is 1.67. The van der Waals surface area contributed by atoms with Gasteiger partial charge < -0.3 is 0 Å². The Morgan fingerprint density at radius 3 is 1.71 bits per heavy atom. The lowest BCUT2D eigenvalue weighted by Gasteiger charge is -2.01. The number of carbonyl (C=O) groups excluding carboxylic acids is 2. The highest BCUT2D eigenvalue weighted by Gasteiger charge is 2.37. The Kier molecular flexibility index (Phi) is 1.69. The third kappa shape index (κ3) is 0.914. The number of hydrogen-bond donors (Lipinski definition) is 1. The van der Waals surface area contributed by atoms with E-state index in [1.54, 1.807) is 26.0 Å².